The number of amides is 1. The van der Waals surface area contributed by atoms with Crippen LogP contribution in [0.2, 0.25) is 0 Å². The fourth-order valence-corrected chi connectivity index (χ4v) is 1.63. The summed E-state index contributed by atoms with van der Waals surface area (Å²) in [4.78, 5) is 12.0. The topological polar surface area (TPSA) is 95.8 Å². The lowest BCUT2D eigenvalue weighted by molar-refractivity contribution is 0.0951. The number of aryl methyl sites for hydroxylation is 1. The van der Waals surface area contributed by atoms with Gasteiger partial charge in [0.05, 0.1) is 17.4 Å². The molecular weight excluding hydrogens is 230 g/mol. The molecule has 2 aromatic rings. The number of aromatic amines is 1. The molecule has 0 aliphatic heterocycles. The lowest BCUT2D eigenvalue weighted by Crippen LogP contribution is -2.24. The van der Waals surface area contributed by atoms with Gasteiger partial charge in [0.1, 0.15) is 0 Å². The number of nitrogens with zero attached hydrogens (tertiary/aromatic N) is 1. The predicted octanol–water partition coefficient (Wildman–Crippen LogP) is 0.934. The monoisotopic (exact) mass is 245 g/mol. The predicted molar refractivity (Wildman–Crippen MR) is 68.7 cm³/mol. The molecule has 1 aromatic carbocycles. The van der Waals surface area contributed by atoms with Gasteiger partial charge >= 0.3 is 0 Å². The van der Waals surface area contributed by atoms with Crippen LogP contribution < -0.4 is 16.6 Å². The number of hydrogen-bond donors (Lipinski definition) is 4. The number of carbonyl (C=O) groups excluding carboxylic acids is 1. The van der Waals surface area contributed by atoms with Crippen LogP contribution in [0, 0.1) is 6.92 Å². The molecule has 5 N–H and O–H groups in total. The van der Waals surface area contributed by atoms with Crippen LogP contribution in [0.15, 0.2) is 30.6 Å². The van der Waals surface area contributed by atoms with E-state index in [0.717, 1.165) is 11.1 Å². The smallest absolute Gasteiger partial charge is 0.253 e. The minimum Gasteiger partial charge on any atom is -0.348 e. The molecule has 6 heteroatoms. The van der Waals surface area contributed by atoms with Crippen molar-refractivity contribution < 1.29 is 4.79 Å². The maximum atomic E-state index is 12.0. The number of aromatic nitrogens is 2. The summed E-state index contributed by atoms with van der Waals surface area (Å²) in [5, 5.41) is 9.30. The van der Waals surface area contributed by atoms with Crippen molar-refractivity contribution >= 4 is 11.6 Å². The van der Waals surface area contributed by atoms with Gasteiger partial charge in [0.2, 0.25) is 0 Å². The van der Waals surface area contributed by atoms with Gasteiger partial charge in [-0.1, -0.05) is 6.07 Å². The highest BCUT2D eigenvalue weighted by atomic mass is 16.1. The van der Waals surface area contributed by atoms with E-state index in [1.807, 2.05) is 19.1 Å². The van der Waals surface area contributed by atoms with Gasteiger partial charge < -0.3 is 10.7 Å². The third-order valence-corrected chi connectivity index (χ3v) is 2.58. The SMILES string of the molecule is Cc1ccc(C(=O)NCc2cn[nH]c2)c(NN)c1. The number of hydrogen-bond acceptors (Lipinski definition) is 4. The Kier molecular flexibility index (Phi) is 3.59. The van der Waals surface area contributed by atoms with Crippen LogP contribution in [0.25, 0.3) is 0 Å². The normalized spacial score (nSPS) is 10.1. The highest BCUT2D eigenvalue weighted by Crippen LogP contribution is 2.16. The molecule has 18 heavy (non-hydrogen) atoms. The number of anilines is 1. The summed E-state index contributed by atoms with van der Waals surface area (Å²) in [5.41, 5.74) is 5.61. The van der Waals surface area contributed by atoms with E-state index in [0.29, 0.717) is 17.8 Å². The van der Waals surface area contributed by atoms with Crippen molar-refractivity contribution in [2.75, 3.05) is 5.43 Å². The number of carbonyl (C=O) groups is 1. The van der Waals surface area contributed by atoms with Crippen molar-refractivity contribution in [2.45, 2.75) is 13.5 Å². The number of rotatable bonds is 4. The van der Waals surface area contributed by atoms with E-state index in [1.54, 1.807) is 18.5 Å². The molecule has 1 amide bonds. The first kappa shape index (κ1) is 12.1. The molecule has 1 heterocycles. The molecule has 0 aliphatic carbocycles. The van der Waals surface area contributed by atoms with Gasteiger partial charge in [-0.05, 0) is 24.6 Å². The zero-order chi connectivity index (χ0) is 13.0. The number of benzene rings is 1. The highest BCUT2D eigenvalue weighted by Gasteiger charge is 2.10. The summed E-state index contributed by atoms with van der Waals surface area (Å²) in [7, 11) is 0. The van der Waals surface area contributed by atoms with Gasteiger partial charge in [-0.25, -0.2) is 0 Å². The number of nitrogens with one attached hydrogen (secondary N) is 3. The molecule has 0 aliphatic rings. The molecule has 94 valence electrons. The lowest BCUT2D eigenvalue weighted by atomic mass is 10.1. The van der Waals surface area contributed by atoms with Crippen molar-refractivity contribution in [2.24, 2.45) is 5.84 Å². The van der Waals surface area contributed by atoms with Crippen LogP contribution in [0.5, 0.6) is 0 Å². The van der Waals surface area contributed by atoms with E-state index < -0.39 is 0 Å². The standard InChI is InChI=1S/C12H15N5O/c1-8-2-3-10(11(4-8)17-13)12(18)14-5-9-6-15-16-7-9/h2-4,6-7,17H,5,13H2,1H3,(H,14,18)(H,15,16). The van der Waals surface area contributed by atoms with Gasteiger partial charge in [0, 0.05) is 18.3 Å². The third kappa shape index (κ3) is 2.67. The molecule has 2 rings (SSSR count). The summed E-state index contributed by atoms with van der Waals surface area (Å²) < 4.78 is 0. The zero-order valence-corrected chi connectivity index (χ0v) is 10.0. The van der Waals surface area contributed by atoms with E-state index >= 15 is 0 Å². The van der Waals surface area contributed by atoms with Crippen molar-refractivity contribution in [3.05, 3.63) is 47.3 Å². The second-order valence-electron chi connectivity index (χ2n) is 3.98. The minimum absolute atomic E-state index is 0.177. The van der Waals surface area contributed by atoms with Crippen LogP contribution in [-0.2, 0) is 6.54 Å². The van der Waals surface area contributed by atoms with E-state index in [9.17, 15) is 4.79 Å². The highest BCUT2D eigenvalue weighted by molar-refractivity contribution is 5.99. The Balaban J connectivity index is 2.09. The Bertz CT molecular complexity index is 535. The van der Waals surface area contributed by atoms with Crippen LogP contribution >= 0.6 is 0 Å². The van der Waals surface area contributed by atoms with Gasteiger partial charge in [-0.15, -0.1) is 0 Å². The maximum Gasteiger partial charge on any atom is 0.253 e. The molecule has 0 fully saturated rings. The molecular formula is C12H15N5O. The summed E-state index contributed by atoms with van der Waals surface area (Å²) in [6.07, 6.45) is 3.40. The van der Waals surface area contributed by atoms with Crippen LogP contribution in [0.1, 0.15) is 21.5 Å². The van der Waals surface area contributed by atoms with E-state index in [1.165, 1.54) is 0 Å². The Morgan fingerprint density at radius 2 is 2.33 bits per heavy atom. The first-order chi connectivity index (χ1) is 8.70. The third-order valence-electron chi connectivity index (χ3n) is 2.58. The average Bonchev–Trinajstić information content (AvgIpc) is 2.88. The summed E-state index contributed by atoms with van der Waals surface area (Å²) >= 11 is 0. The number of H-pyrrole nitrogens is 1. The van der Waals surface area contributed by atoms with Gasteiger partial charge in [-0.2, -0.15) is 5.10 Å². The van der Waals surface area contributed by atoms with Crippen molar-refractivity contribution in [1.29, 1.82) is 0 Å². The molecule has 0 unspecified atom stereocenters. The molecule has 0 saturated carbocycles. The van der Waals surface area contributed by atoms with Crippen molar-refractivity contribution in [3.8, 4) is 0 Å². The van der Waals surface area contributed by atoms with Crippen molar-refractivity contribution in [1.82, 2.24) is 15.5 Å². The summed E-state index contributed by atoms with van der Waals surface area (Å²) in [5.74, 6) is 5.23. The number of nitrogen functional groups attached to an aromatic ring is 1. The molecule has 1 aromatic heterocycles. The lowest BCUT2D eigenvalue weighted by Gasteiger charge is -2.09. The Morgan fingerprint density at radius 3 is 3.00 bits per heavy atom. The average molecular weight is 245 g/mol. The first-order valence-electron chi connectivity index (χ1n) is 5.54. The maximum absolute atomic E-state index is 12.0. The molecule has 0 spiro atoms. The summed E-state index contributed by atoms with van der Waals surface area (Å²) in [6.45, 7) is 2.36. The Labute approximate surface area is 105 Å². The van der Waals surface area contributed by atoms with E-state index in [-0.39, 0.29) is 5.91 Å². The Hall–Kier alpha value is -2.34. The first-order valence-corrected chi connectivity index (χ1v) is 5.54. The van der Waals surface area contributed by atoms with Gasteiger partial charge in [0.15, 0.2) is 0 Å². The minimum atomic E-state index is -0.177. The molecule has 6 nitrogen and oxygen atoms in total. The van der Waals surface area contributed by atoms with Gasteiger partial charge in [0.25, 0.3) is 5.91 Å². The van der Waals surface area contributed by atoms with Crippen LogP contribution in [0.3, 0.4) is 0 Å². The number of nitrogens with two attached hydrogens (primary N) is 1. The molecule has 0 bridgehead atoms. The van der Waals surface area contributed by atoms with E-state index in [4.69, 9.17) is 5.84 Å². The van der Waals surface area contributed by atoms with Crippen LogP contribution in [0.4, 0.5) is 5.69 Å². The second kappa shape index (κ2) is 5.33. The fraction of sp³-hybridized carbons (Fsp3) is 0.167. The van der Waals surface area contributed by atoms with Crippen molar-refractivity contribution in [3.63, 3.8) is 0 Å². The zero-order valence-electron chi connectivity index (χ0n) is 10.0. The second-order valence-corrected chi connectivity index (χ2v) is 3.98. The van der Waals surface area contributed by atoms with Crippen LogP contribution in [-0.4, -0.2) is 16.1 Å². The Morgan fingerprint density at radius 1 is 1.50 bits per heavy atom. The molecule has 0 radical (unpaired) electrons. The largest absolute Gasteiger partial charge is 0.348 e. The quantitative estimate of drug-likeness (QED) is 0.476. The number of hydrazine groups is 1. The van der Waals surface area contributed by atoms with E-state index in [2.05, 4.69) is 20.9 Å². The van der Waals surface area contributed by atoms with Gasteiger partial charge in [-0.3, -0.25) is 15.7 Å². The fourth-order valence-electron chi connectivity index (χ4n) is 1.63. The molecule has 0 atom stereocenters. The molecule has 0 saturated heterocycles. The summed E-state index contributed by atoms with van der Waals surface area (Å²) in [6, 6.07) is 5.44.